The van der Waals surface area contributed by atoms with Crippen LogP contribution in [0.4, 0.5) is 0 Å². The average molecular weight is 268 g/mol. The van der Waals surface area contributed by atoms with Gasteiger partial charge in [-0.3, -0.25) is 4.90 Å². The van der Waals surface area contributed by atoms with Gasteiger partial charge in [-0.15, -0.1) is 0 Å². The Balaban J connectivity index is 3.00. The Hall–Kier alpha value is -1.17. The lowest BCUT2D eigenvalue weighted by Crippen LogP contribution is -2.24. The molecular formula is C13H20N2O2S. The fraction of sp³-hybridized carbons (Fsp3) is 0.385. The van der Waals surface area contributed by atoms with Gasteiger partial charge in [-0.2, -0.15) is 0 Å². The molecule has 0 aromatic heterocycles. The van der Waals surface area contributed by atoms with Crippen molar-refractivity contribution in [3.8, 4) is 0 Å². The van der Waals surface area contributed by atoms with E-state index in [0.717, 1.165) is 17.7 Å². The summed E-state index contributed by atoms with van der Waals surface area (Å²) >= 11 is 0. The number of benzene rings is 1. The summed E-state index contributed by atoms with van der Waals surface area (Å²) in [5, 5.41) is 5.13. The van der Waals surface area contributed by atoms with Gasteiger partial charge in [-0.05, 0) is 38.6 Å². The van der Waals surface area contributed by atoms with Crippen molar-refractivity contribution in [2.24, 2.45) is 5.14 Å². The normalized spacial score (nSPS) is 13.6. The van der Waals surface area contributed by atoms with E-state index in [1.165, 1.54) is 6.07 Å². The van der Waals surface area contributed by atoms with Crippen LogP contribution in [-0.2, 0) is 10.0 Å². The second kappa shape index (κ2) is 5.65. The molecule has 0 aliphatic carbocycles. The number of hydrogen-bond donors (Lipinski definition) is 1. The molecule has 2 N–H and O–H groups in total. The second-order valence-corrected chi connectivity index (χ2v) is 6.23. The van der Waals surface area contributed by atoms with E-state index in [1.807, 2.05) is 27.0 Å². The van der Waals surface area contributed by atoms with Gasteiger partial charge in [0.2, 0.25) is 10.0 Å². The van der Waals surface area contributed by atoms with Crippen LogP contribution in [0.15, 0.2) is 41.3 Å². The predicted molar refractivity (Wildman–Crippen MR) is 73.7 cm³/mol. The maximum absolute atomic E-state index is 11.3. The number of nitrogens with two attached hydrogens (primary N) is 1. The highest BCUT2D eigenvalue weighted by molar-refractivity contribution is 7.89. The van der Waals surface area contributed by atoms with Crippen LogP contribution >= 0.6 is 0 Å². The number of primary sulfonamides is 1. The summed E-state index contributed by atoms with van der Waals surface area (Å²) in [4.78, 5) is 2.25. The van der Waals surface area contributed by atoms with Gasteiger partial charge in [0.05, 0.1) is 4.90 Å². The molecule has 0 saturated carbocycles. The largest absolute Gasteiger partial charge is 0.296 e. The molecule has 0 radical (unpaired) electrons. The van der Waals surface area contributed by atoms with Crippen LogP contribution in [0.1, 0.15) is 25.5 Å². The molecule has 100 valence electrons. The Morgan fingerprint density at radius 2 is 2.11 bits per heavy atom. The number of likely N-dealkylation sites (N-methyl/N-ethyl adjacent to an activating group) is 1. The summed E-state index contributed by atoms with van der Waals surface area (Å²) in [7, 11) is -1.67. The van der Waals surface area contributed by atoms with Gasteiger partial charge in [-0.25, -0.2) is 13.6 Å². The van der Waals surface area contributed by atoms with E-state index in [2.05, 4.69) is 11.5 Å². The van der Waals surface area contributed by atoms with E-state index in [0.29, 0.717) is 0 Å². The summed E-state index contributed by atoms with van der Waals surface area (Å²) in [6.07, 6.45) is 0. The molecule has 5 heteroatoms. The van der Waals surface area contributed by atoms with Crippen molar-refractivity contribution < 1.29 is 8.42 Å². The summed E-state index contributed by atoms with van der Waals surface area (Å²) in [6.45, 7) is 8.62. The number of rotatable bonds is 5. The van der Waals surface area contributed by atoms with Crippen molar-refractivity contribution in [3.05, 3.63) is 42.0 Å². The molecule has 0 aliphatic heterocycles. The molecule has 0 heterocycles. The standard InChI is InChI=1S/C13H20N2O2S/c1-10(2)9-15(4)11(3)12-6-5-7-13(8-12)18(14,16)17/h5-8,11H,1,9H2,2-4H3,(H2,14,16,17)/t11-/m1/s1. The van der Waals surface area contributed by atoms with Crippen molar-refractivity contribution in [3.63, 3.8) is 0 Å². The van der Waals surface area contributed by atoms with Gasteiger partial charge in [0.15, 0.2) is 0 Å². The molecule has 0 aliphatic rings. The summed E-state index contributed by atoms with van der Waals surface area (Å²) in [5.74, 6) is 0. The van der Waals surface area contributed by atoms with E-state index < -0.39 is 10.0 Å². The zero-order chi connectivity index (χ0) is 13.9. The van der Waals surface area contributed by atoms with E-state index in [9.17, 15) is 8.42 Å². The van der Waals surface area contributed by atoms with Gasteiger partial charge in [0.25, 0.3) is 0 Å². The first-order valence-electron chi connectivity index (χ1n) is 5.69. The monoisotopic (exact) mass is 268 g/mol. The Bertz CT molecular complexity index is 538. The van der Waals surface area contributed by atoms with Crippen LogP contribution in [0.5, 0.6) is 0 Å². The van der Waals surface area contributed by atoms with E-state index in [1.54, 1.807) is 12.1 Å². The van der Waals surface area contributed by atoms with Crippen LogP contribution in [0.2, 0.25) is 0 Å². The Kier molecular flexibility index (Phi) is 4.67. The lowest BCUT2D eigenvalue weighted by molar-refractivity contribution is 0.283. The van der Waals surface area contributed by atoms with E-state index in [-0.39, 0.29) is 10.9 Å². The van der Waals surface area contributed by atoms with Gasteiger partial charge >= 0.3 is 0 Å². The van der Waals surface area contributed by atoms with Gasteiger partial charge in [-0.1, -0.05) is 24.3 Å². The molecule has 0 saturated heterocycles. The molecule has 18 heavy (non-hydrogen) atoms. The quantitative estimate of drug-likeness (QED) is 0.830. The third-order valence-electron chi connectivity index (χ3n) is 2.85. The minimum atomic E-state index is -3.64. The zero-order valence-corrected chi connectivity index (χ0v) is 11.9. The van der Waals surface area contributed by atoms with Crippen molar-refractivity contribution in [1.29, 1.82) is 0 Å². The molecule has 1 aromatic carbocycles. The molecule has 1 atom stereocenters. The number of sulfonamides is 1. The fourth-order valence-corrected chi connectivity index (χ4v) is 2.34. The highest BCUT2D eigenvalue weighted by Crippen LogP contribution is 2.21. The molecule has 1 aromatic rings. The van der Waals surface area contributed by atoms with Crippen LogP contribution in [0.25, 0.3) is 0 Å². The van der Waals surface area contributed by atoms with Gasteiger partial charge in [0, 0.05) is 12.6 Å². The van der Waals surface area contributed by atoms with Crippen LogP contribution in [-0.4, -0.2) is 26.9 Å². The molecule has 4 nitrogen and oxygen atoms in total. The van der Waals surface area contributed by atoms with Crippen molar-refractivity contribution in [1.82, 2.24) is 4.90 Å². The lowest BCUT2D eigenvalue weighted by atomic mass is 10.1. The summed E-state index contributed by atoms with van der Waals surface area (Å²) in [5.41, 5.74) is 1.98. The maximum Gasteiger partial charge on any atom is 0.238 e. The molecular weight excluding hydrogens is 248 g/mol. The average Bonchev–Trinajstić information content (AvgIpc) is 2.26. The number of hydrogen-bond acceptors (Lipinski definition) is 3. The third-order valence-corrected chi connectivity index (χ3v) is 3.76. The molecule has 0 amide bonds. The minimum absolute atomic E-state index is 0.100. The summed E-state index contributed by atoms with van der Waals surface area (Å²) < 4.78 is 22.6. The first kappa shape index (κ1) is 14.9. The van der Waals surface area contributed by atoms with E-state index >= 15 is 0 Å². The Morgan fingerprint density at radius 1 is 1.50 bits per heavy atom. The topological polar surface area (TPSA) is 63.4 Å². The van der Waals surface area contributed by atoms with Crippen molar-refractivity contribution in [2.45, 2.75) is 24.8 Å². The SMILES string of the molecule is C=C(C)CN(C)[C@H](C)c1cccc(S(N)(=O)=O)c1. The van der Waals surface area contributed by atoms with Crippen LogP contribution in [0.3, 0.4) is 0 Å². The number of nitrogens with zero attached hydrogens (tertiary/aromatic N) is 1. The first-order chi connectivity index (χ1) is 8.21. The second-order valence-electron chi connectivity index (χ2n) is 4.67. The van der Waals surface area contributed by atoms with Crippen LogP contribution in [0, 0.1) is 0 Å². The Morgan fingerprint density at radius 3 is 2.61 bits per heavy atom. The molecule has 0 unspecified atom stereocenters. The molecule has 0 bridgehead atoms. The minimum Gasteiger partial charge on any atom is -0.296 e. The zero-order valence-electron chi connectivity index (χ0n) is 11.1. The lowest BCUT2D eigenvalue weighted by Gasteiger charge is -2.25. The first-order valence-corrected chi connectivity index (χ1v) is 7.24. The molecule has 0 fully saturated rings. The smallest absolute Gasteiger partial charge is 0.238 e. The molecule has 0 spiro atoms. The summed E-state index contributed by atoms with van der Waals surface area (Å²) in [6, 6.07) is 6.83. The highest BCUT2D eigenvalue weighted by Gasteiger charge is 2.14. The van der Waals surface area contributed by atoms with Crippen LogP contribution < -0.4 is 5.14 Å². The van der Waals surface area contributed by atoms with E-state index in [4.69, 9.17) is 5.14 Å². The molecule has 1 rings (SSSR count). The van der Waals surface area contributed by atoms with Crippen molar-refractivity contribution in [2.75, 3.05) is 13.6 Å². The van der Waals surface area contributed by atoms with Gasteiger partial charge in [0.1, 0.15) is 0 Å². The van der Waals surface area contributed by atoms with Crippen molar-refractivity contribution >= 4 is 10.0 Å². The fourth-order valence-electron chi connectivity index (χ4n) is 1.77. The Labute approximate surface area is 109 Å². The predicted octanol–water partition coefficient (Wildman–Crippen LogP) is 1.90. The highest BCUT2D eigenvalue weighted by atomic mass is 32.2. The third kappa shape index (κ3) is 3.94. The van der Waals surface area contributed by atoms with Gasteiger partial charge < -0.3 is 0 Å². The maximum atomic E-state index is 11.3.